The Kier molecular flexibility index (Phi) is 5.67. The molecule has 1 aliphatic heterocycles. The Balaban J connectivity index is 1.26. The summed E-state index contributed by atoms with van der Waals surface area (Å²) >= 11 is 0. The average Bonchev–Trinajstić information content (AvgIpc) is 3.56. The zero-order valence-electron chi connectivity index (χ0n) is 21.2. The van der Waals surface area contributed by atoms with Crippen LogP contribution in [0.1, 0.15) is 56.2 Å². The number of carbonyl (C=O) groups is 2. The van der Waals surface area contributed by atoms with Crippen molar-refractivity contribution in [3.05, 3.63) is 47.2 Å². The predicted molar refractivity (Wildman–Crippen MR) is 134 cm³/mol. The first-order valence-electron chi connectivity index (χ1n) is 12.8. The Morgan fingerprint density at radius 3 is 2.89 bits per heavy atom. The molecule has 2 aliphatic carbocycles. The summed E-state index contributed by atoms with van der Waals surface area (Å²) in [5.41, 5.74) is 3.65. The van der Waals surface area contributed by atoms with E-state index in [2.05, 4.69) is 27.3 Å². The monoisotopic (exact) mass is 513 g/mol. The fourth-order valence-corrected chi connectivity index (χ4v) is 6.06. The fraction of sp³-hybridized carbons (Fsp3) is 0.429. The van der Waals surface area contributed by atoms with Crippen molar-refractivity contribution in [2.75, 3.05) is 6.54 Å². The number of fused-ring (bicyclic) bond motifs is 2. The summed E-state index contributed by atoms with van der Waals surface area (Å²) in [5, 5.41) is 23.0. The second-order valence-electron chi connectivity index (χ2n) is 10.7. The molecule has 0 bridgehead atoms. The van der Waals surface area contributed by atoms with Crippen LogP contribution in [0.2, 0.25) is 0 Å². The third-order valence-corrected chi connectivity index (χ3v) is 8.02. The number of aliphatic carboxylic acids is 1. The molecule has 0 radical (unpaired) electrons. The molecule has 38 heavy (non-hydrogen) atoms. The van der Waals surface area contributed by atoms with E-state index < -0.39 is 5.97 Å². The molecule has 1 aromatic carbocycles. The van der Waals surface area contributed by atoms with Gasteiger partial charge in [-0.1, -0.05) is 23.4 Å². The van der Waals surface area contributed by atoms with Crippen LogP contribution in [0, 0.1) is 17.2 Å². The number of carbonyl (C=O) groups excluding carboxylic acids is 1. The first-order valence-corrected chi connectivity index (χ1v) is 12.8. The fourth-order valence-electron chi connectivity index (χ4n) is 6.06. The van der Waals surface area contributed by atoms with Gasteiger partial charge in [-0.2, -0.15) is 10.2 Å². The third-order valence-electron chi connectivity index (χ3n) is 8.02. The maximum absolute atomic E-state index is 13.0. The summed E-state index contributed by atoms with van der Waals surface area (Å²) in [7, 11) is 0. The van der Waals surface area contributed by atoms with Gasteiger partial charge in [0.25, 0.3) is 5.89 Å². The summed E-state index contributed by atoms with van der Waals surface area (Å²) in [6, 6.07) is 9.75. The number of carboxylic acid groups (broad SMARTS) is 1. The molecule has 194 valence electrons. The maximum Gasteiger partial charge on any atom is 0.306 e. The van der Waals surface area contributed by atoms with Crippen molar-refractivity contribution in [3.63, 3.8) is 0 Å². The zero-order valence-corrected chi connectivity index (χ0v) is 21.2. The minimum Gasteiger partial charge on any atom is -0.481 e. The summed E-state index contributed by atoms with van der Waals surface area (Å²) in [6.45, 7) is 4.35. The molecule has 1 amide bonds. The molecule has 10 heteroatoms. The molecular weight excluding hydrogens is 486 g/mol. The highest BCUT2D eigenvalue weighted by Gasteiger charge is 2.52. The number of amides is 1. The lowest BCUT2D eigenvalue weighted by atomic mass is 9.78. The zero-order chi connectivity index (χ0) is 26.6. The highest BCUT2D eigenvalue weighted by molar-refractivity contribution is 5.83. The van der Waals surface area contributed by atoms with Crippen molar-refractivity contribution >= 4 is 11.9 Å². The number of pyridine rings is 1. The number of aromatic nitrogens is 3. The van der Waals surface area contributed by atoms with Gasteiger partial charge >= 0.3 is 5.97 Å². The molecule has 3 heterocycles. The number of nitrogens with zero attached hydrogens (tertiary/aromatic N) is 5. The van der Waals surface area contributed by atoms with E-state index in [0.717, 1.165) is 29.5 Å². The number of hydrogen-bond donors (Lipinski definition) is 1. The summed E-state index contributed by atoms with van der Waals surface area (Å²) in [4.78, 5) is 35.0. The maximum atomic E-state index is 13.0. The van der Waals surface area contributed by atoms with E-state index >= 15 is 0 Å². The van der Waals surface area contributed by atoms with Crippen LogP contribution in [0.15, 0.2) is 35.0 Å². The molecule has 1 saturated heterocycles. The Hall–Kier alpha value is -4.26. The predicted octanol–water partition coefficient (Wildman–Crippen LogP) is 3.74. The lowest BCUT2D eigenvalue weighted by Crippen LogP contribution is -2.48. The number of benzene rings is 1. The van der Waals surface area contributed by atoms with Gasteiger partial charge in [0.05, 0.1) is 17.6 Å². The second kappa shape index (κ2) is 8.94. The molecule has 1 spiro atoms. The molecule has 3 aliphatic rings. The molecule has 6 rings (SSSR count). The molecule has 1 unspecified atom stereocenters. The molecule has 2 fully saturated rings. The van der Waals surface area contributed by atoms with Crippen molar-refractivity contribution in [1.29, 1.82) is 5.26 Å². The smallest absolute Gasteiger partial charge is 0.306 e. The highest BCUT2D eigenvalue weighted by atomic mass is 16.5. The van der Waals surface area contributed by atoms with E-state index in [0.29, 0.717) is 37.2 Å². The van der Waals surface area contributed by atoms with Crippen LogP contribution in [0.25, 0.3) is 22.8 Å². The number of likely N-dealkylation sites (tertiary alicyclic amines) is 1. The van der Waals surface area contributed by atoms with E-state index in [1.807, 2.05) is 30.9 Å². The van der Waals surface area contributed by atoms with Crippen molar-refractivity contribution in [3.8, 4) is 34.8 Å². The summed E-state index contributed by atoms with van der Waals surface area (Å²) in [6.07, 6.45) is 4.56. The molecule has 1 atom stereocenters. The number of ether oxygens (including phenoxy) is 1. The summed E-state index contributed by atoms with van der Waals surface area (Å²) in [5.74, 6) is -0.0673. The van der Waals surface area contributed by atoms with Crippen LogP contribution in [-0.2, 0) is 21.4 Å². The first-order chi connectivity index (χ1) is 18.3. The molecule has 10 nitrogen and oxygen atoms in total. The van der Waals surface area contributed by atoms with Crippen LogP contribution in [0.5, 0.6) is 5.88 Å². The standard InChI is InChI=1S/C28H27N5O5/c1-15(2)37-25-17(12-29)8-18(13-30-25)26-31-24(32-38-26)21-4-3-5-22-20(21)6-7-28(22)11-23(34)33(14-28)19-9-16(10-19)27(35)36/h3-5,8,13,15-16,19H,6-7,9-11,14H2,1-2H3,(H,35,36). The quantitative estimate of drug-likeness (QED) is 0.521. The first kappa shape index (κ1) is 24.1. The number of nitriles is 1. The van der Waals surface area contributed by atoms with Gasteiger partial charge in [-0.3, -0.25) is 9.59 Å². The highest BCUT2D eigenvalue weighted by Crippen LogP contribution is 2.50. The lowest BCUT2D eigenvalue weighted by Gasteiger charge is -2.40. The topological polar surface area (TPSA) is 142 Å². The van der Waals surface area contributed by atoms with Gasteiger partial charge < -0.3 is 19.3 Å². The number of carboxylic acids is 1. The van der Waals surface area contributed by atoms with Gasteiger partial charge in [-0.05, 0) is 56.7 Å². The summed E-state index contributed by atoms with van der Waals surface area (Å²) < 4.78 is 11.2. The van der Waals surface area contributed by atoms with E-state index in [4.69, 9.17) is 9.26 Å². The van der Waals surface area contributed by atoms with E-state index in [-0.39, 0.29) is 46.7 Å². The van der Waals surface area contributed by atoms with Gasteiger partial charge in [0, 0.05) is 36.2 Å². The Labute approximate surface area is 219 Å². The van der Waals surface area contributed by atoms with Gasteiger partial charge in [0.15, 0.2) is 0 Å². The van der Waals surface area contributed by atoms with Crippen LogP contribution < -0.4 is 4.74 Å². The average molecular weight is 514 g/mol. The van der Waals surface area contributed by atoms with E-state index in [1.54, 1.807) is 12.3 Å². The Morgan fingerprint density at radius 1 is 1.34 bits per heavy atom. The Morgan fingerprint density at radius 2 is 2.16 bits per heavy atom. The Bertz CT molecular complexity index is 1480. The van der Waals surface area contributed by atoms with Crippen molar-refractivity contribution in [1.82, 2.24) is 20.0 Å². The van der Waals surface area contributed by atoms with E-state index in [9.17, 15) is 20.0 Å². The minimum absolute atomic E-state index is 0.0132. The van der Waals surface area contributed by atoms with Crippen LogP contribution in [0.4, 0.5) is 0 Å². The molecule has 3 aromatic rings. The van der Waals surface area contributed by atoms with E-state index in [1.165, 1.54) is 0 Å². The molecule has 2 aromatic heterocycles. The second-order valence-corrected chi connectivity index (χ2v) is 10.7. The number of rotatable bonds is 6. The minimum atomic E-state index is -0.780. The lowest BCUT2D eigenvalue weighted by molar-refractivity contribution is -0.149. The third kappa shape index (κ3) is 3.90. The van der Waals surface area contributed by atoms with Crippen molar-refractivity contribution in [2.24, 2.45) is 5.92 Å². The SMILES string of the molecule is CC(C)Oc1ncc(-c2nc(-c3cccc4c3CCC43CC(=O)N(C4CC(C(=O)O)C4)C3)no2)cc1C#N. The van der Waals surface area contributed by atoms with Crippen molar-refractivity contribution in [2.45, 2.75) is 63.5 Å². The van der Waals surface area contributed by atoms with Crippen LogP contribution in [-0.4, -0.2) is 55.7 Å². The van der Waals surface area contributed by atoms with Gasteiger partial charge in [0.2, 0.25) is 17.6 Å². The molecular formula is C28H27N5O5. The molecule has 1 saturated carbocycles. The number of hydrogen-bond acceptors (Lipinski definition) is 8. The van der Waals surface area contributed by atoms with Gasteiger partial charge in [0.1, 0.15) is 11.6 Å². The van der Waals surface area contributed by atoms with Gasteiger partial charge in [-0.15, -0.1) is 0 Å². The van der Waals surface area contributed by atoms with Crippen LogP contribution >= 0.6 is 0 Å². The normalized spacial score (nSPS) is 23.9. The van der Waals surface area contributed by atoms with Gasteiger partial charge in [-0.25, -0.2) is 4.98 Å². The van der Waals surface area contributed by atoms with Crippen molar-refractivity contribution < 1.29 is 24.0 Å². The largest absolute Gasteiger partial charge is 0.481 e. The van der Waals surface area contributed by atoms with Crippen LogP contribution in [0.3, 0.4) is 0 Å². The molecule has 1 N–H and O–H groups in total.